The number of benzene rings is 1. The molecule has 0 aliphatic carbocycles. The third-order valence-electron chi connectivity index (χ3n) is 3.21. The Hall–Kier alpha value is -2.48. The first-order chi connectivity index (χ1) is 11.4. The van der Waals surface area contributed by atoms with Gasteiger partial charge in [0.25, 0.3) is 5.91 Å². The molecule has 0 radical (unpaired) electrons. The fourth-order valence-electron chi connectivity index (χ4n) is 1.98. The number of hydrogen-bond donors (Lipinski definition) is 2. The van der Waals surface area contributed by atoms with Gasteiger partial charge in [-0.3, -0.25) is 4.79 Å². The van der Waals surface area contributed by atoms with Crippen molar-refractivity contribution >= 4 is 23.2 Å². The zero-order valence-corrected chi connectivity index (χ0v) is 13.5. The van der Waals surface area contributed by atoms with Gasteiger partial charge in [0.05, 0.1) is 4.88 Å². The predicted molar refractivity (Wildman–Crippen MR) is 85.6 cm³/mol. The molecule has 1 atom stereocenters. The summed E-state index contributed by atoms with van der Waals surface area (Å²) in [6.45, 7) is -1.21. The summed E-state index contributed by atoms with van der Waals surface area (Å²) in [7, 11) is 0. The molecule has 1 heterocycles. The molecule has 0 aliphatic rings. The normalized spacial score (nSPS) is 12.0. The van der Waals surface area contributed by atoms with Gasteiger partial charge < -0.3 is 15.2 Å². The van der Waals surface area contributed by atoms with Crippen LogP contribution < -0.4 is 10.1 Å². The zero-order valence-electron chi connectivity index (χ0n) is 12.7. The molecule has 1 amide bonds. The van der Waals surface area contributed by atoms with Crippen LogP contribution in [0.1, 0.15) is 23.0 Å². The lowest BCUT2D eigenvalue weighted by molar-refractivity contribution is -0.139. The van der Waals surface area contributed by atoms with Crippen molar-refractivity contribution in [1.82, 2.24) is 5.32 Å². The van der Waals surface area contributed by atoms with Gasteiger partial charge in [-0.15, -0.1) is 11.3 Å². The Morgan fingerprint density at radius 1 is 1.21 bits per heavy atom. The molecular formula is C16H15F2NO4S. The number of hydrogen-bond acceptors (Lipinski definition) is 4. The fraction of sp³-hybridized carbons (Fsp3) is 0.250. The van der Waals surface area contributed by atoms with E-state index >= 15 is 0 Å². The lowest BCUT2D eigenvalue weighted by atomic mass is 10.2. The SMILES string of the molecule is CCC(NC(=O)c1ccc(-c2ccc(OC(F)F)cc2)s1)C(=O)O. The molecule has 8 heteroatoms. The number of carbonyl (C=O) groups excluding carboxylic acids is 1. The molecule has 1 aromatic heterocycles. The van der Waals surface area contributed by atoms with Crippen LogP contribution in [0, 0.1) is 0 Å². The number of alkyl halides is 2. The molecular weight excluding hydrogens is 340 g/mol. The molecule has 0 fully saturated rings. The average Bonchev–Trinajstić information content (AvgIpc) is 3.02. The van der Waals surface area contributed by atoms with Crippen molar-refractivity contribution in [2.75, 3.05) is 0 Å². The maximum Gasteiger partial charge on any atom is 0.387 e. The highest BCUT2D eigenvalue weighted by atomic mass is 32.1. The van der Waals surface area contributed by atoms with Gasteiger partial charge in [0.1, 0.15) is 11.8 Å². The Labute approximate surface area is 140 Å². The highest BCUT2D eigenvalue weighted by Gasteiger charge is 2.19. The third kappa shape index (κ3) is 4.51. The van der Waals surface area contributed by atoms with Crippen molar-refractivity contribution < 1.29 is 28.2 Å². The summed E-state index contributed by atoms with van der Waals surface area (Å²) in [6.07, 6.45) is 0.283. The van der Waals surface area contributed by atoms with Gasteiger partial charge in [-0.1, -0.05) is 6.92 Å². The first-order valence-corrected chi connectivity index (χ1v) is 7.91. The Morgan fingerprint density at radius 2 is 1.88 bits per heavy atom. The first kappa shape index (κ1) is 17.9. The van der Waals surface area contributed by atoms with Crippen molar-refractivity contribution in [1.29, 1.82) is 0 Å². The third-order valence-corrected chi connectivity index (χ3v) is 4.34. The van der Waals surface area contributed by atoms with E-state index in [0.29, 0.717) is 4.88 Å². The number of rotatable bonds is 7. The largest absolute Gasteiger partial charge is 0.480 e. The molecule has 0 bridgehead atoms. The second-order valence-corrected chi connectivity index (χ2v) is 5.92. The molecule has 0 saturated heterocycles. The van der Waals surface area contributed by atoms with Gasteiger partial charge in [0, 0.05) is 4.88 Å². The number of ether oxygens (including phenoxy) is 1. The standard InChI is InChI=1S/C16H15F2NO4S/c1-2-11(15(21)22)19-14(20)13-8-7-12(24-13)9-3-5-10(6-4-9)23-16(17)18/h3-8,11,16H,2H2,1H3,(H,19,20)(H,21,22). The predicted octanol–water partition coefficient (Wildman–Crippen LogP) is 3.61. The molecule has 0 aliphatic heterocycles. The number of thiophene rings is 1. The van der Waals surface area contributed by atoms with Crippen LogP contribution in [-0.4, -0.2) is 29.6 Å². The van der Waals surface area contributed by atoms with Crippen molar-refractivity contribution in [2.24, 2.45) is 0 Å². The summed E-state index contributed by atoms with van der Waals surface area (Å²) in [4.78, 5) is 24.2. The number of aliphatic carboxylic acids is 1. The van der Waals surface area contributed by atoms with Gasteiger partial charge in [-0.05, 0) is 48.4 Å². The Bertz CT molecular complexity index is 715. The Kier molecular flexibility index (Phi) is 5.86. The van der Waals surface area contributed by atoms with Gasteiger partial charge >= 0.3 is 12.6 Å². The van der Waals surface area contributed by atoms with E-state index < -0.39 is 24.5 Å². The number of amides is 1. The van der Waals surface area contributed by atoms with E-state index in [1.165, 1.54) is 23.5 Å². The summed E-state index contributed by atoms with van der Waals surface area (Å²) < 4.78 is 28.5. The lowest BCUT2D eigenvalue weighted by Gasteiger charge is -2.10. The van der Waals surface area contributed by atoms with Crippen molar-refractivity contribution in [3.63, 3.8) is 0 Å². The van der Waals surface area contributed by atoms with E-state index in [0.717, 1.165) is 10.4 Å². The fourth-order valence-corrected chi connectivity index (χ4v) is 2.90. The maximum absolute atomic E-state index is 12.1. The van der Waals surface area contributed by atoms with Gasteiger partial charge in [0.15, 0.2) is 0 Å². The van der Waals surface area contributed by atoms with E-state index in [4.69, 9.17) is 5.11 Å². The zero-order chi connectivity index (χ0) is 17.7. The molecule has 1 unspecified atom stereocenters. The molecule has 0 saturated carbocycles. The minimum Gasteiger partial charge on any atom is -0.480 e. The van der Waals surface area contributed by atoms with E-state index in [1.54, 1.807) is 31.2 Å². The van der Waals surface area contributed by atoms with E-state index in [1.807, 2.05) is 0 Å². The van der Waals surface area contributed by atoms with Gasteiger partial charge in [0.2, 0.25) is 0 Å². The van der Waals surface area contributed by atoms with Crippen LogP contribution in [0.3, 0.4) is 0 Å². The minimum absolute atomic E-state index is 0.0514. The van der Waals surface area contributed by atoms with Crippen molar-refractivity contribution in [3.8, 4) is 16.2 Å². The molecule has 2 rings (SSSR count). The van der Waals surface area contributed by atoms with E-state index in [2.05, 4.69) is 10.1 Å². The molecule has 2 N–H and O–H groups in total. The number of carboxylic acids is 1. The summed E-state index contributed by atoms with van der Waals surface area (Å²) in [5.41, 5.74) is 0.742. The van der Waals surface area contributed by atoms with Crippen LogP contribution in [0.5, 0.6) is 5.75 Å². The number of halogens is 2. The summed E-state index contributed by atoms with van der Waals surface area (Å²) in [5, 5.41) is 11.4. The van der Waals surface area contributed by atoms with Crippen molar-refractivity contribution in [2.45, 2.75) is 26.0 Å². The summed E-state index contributed by atoms with van der Waals surface area (Å²) in [5.74, 6) is -1.49. The van der Waals surface area contributed by atoms with E-state index in [9.17, 15) is 18.4 Å². The smallest absolute Gasteiger partial charge is 0.387 e. The molecule has 2 aromatic rings. The van der Waals surface area contributed by atoms with Gasteiger partial charge in [-0.2, -0.15) is 8.78 Å². The molecule has 0 spiro atoms. The molecule has 128 valence electrons. The second-order valence-electron chi connectivity index (χ2n) is 4.84. The quantitative estimate of drug-likeness (QED) is 0.796. The van der Waals surface area contributed by atoms with E-state index in [-0.39, 0.29) is 12.2 Å². The van der Waals surface area contributed by atoms with Crippen LogP contribution in [0.2, 0.25) is 0 Å². The topological polar surface area (TPSA) is 75.6 Å². The summed E-state index contributed by atoms with van der Waals surface area (Å²) >= 11 is 1.18. The maximum atomic E-state index is 12.1. The summed E-state index contributed by atoms with van der Waals surface area (Å²) in [6, 6.07) is 8.41. The van der Waals surface area contributed by atoms with Crippen LogP contribution >= 0.6 is 11.3 Å². The monoisotopic (exact) mass is 355 g/mol. The highest BCUT2D eigenvalue weighted by Crippen LogP contribution is 2.29. The van der Waals surface area contributed by atoms with Crippen LogP contribution in [0.4, 0.5) is 8.78 Å². The molecule has 1 aromatic carbocycles. The number of nitrogens with one attached hydrogen (secondary N) is 1. The minimum atomic E-state index is -2.88. The Balaban J connectivity index is 2.09. The van der Waals surface area contributed by atoms with Crippen LogP contribution in [0.25, 0.3) is 10.4 Å². The average molecular weight is 355 g/mol. The number of carboxylic acid groups (broad SMARTS) is 1. The van der Waals surface area contributed by atoms with Crippen molar-refractivity contribution in [3.05, 3.63) is 41.3 Å². The van der Waals surface area contributed by atoms with Crippen LogP contribution in [-0.2, 0) is 4.79 Å². The van der Waals surface area contributed by atoms with Gasteiger partial charge in [-0.25, -0.2) is 4.79 Å². The molecule has 5 nitrogen and oxygen atoms in total. The highest BCUT2D eigenvalue weighted by molar-refractivity contribution is 7.17. The number of carbonyl (C=O) groups is 2. The van der Waals surface area contributed by atoms with Crippen LogP contribution in [0.15, 0.2) is 36.4 Å². The Morgan fingerprint density at radius 3 is 2.42 bits per heavy atom. The lowest BCUT2D eigenvalue weighted by Crippen LogP contribution is -2.39. The second kappa shape index (κ2) is 7.87. The first-order valence-electron chi connectivity index (χ1n) is 7.09. The molecule has 24 heavy (non-hydrogen) atoms.